The third kappa shape index (κ3) is 3.76. The number of nitrogens with one attached hydrogen (secondary N) is 2. The van der Waals surface area contributed by atoms with Crippen LogP contribution in [0.4, 0.5) is 4.79 Å². The molecule has 22 heavy (non-hydrogen) atoms. The largest absolute Gasteiger partial charge is 0.335 e. The molecule has 2 saturated carbocycles. The van der Waals surface area contributed by atoms with Crippen LogP contribution in [-0.2, 0) is 6.54 Å². The van der Waals surface area contributed by atoms with E-state index in [9.17, 15) is 4.79 Å². The summed E-state index contributed by atoms with van der Waals surface area (Å²) in [4.78, 5) is 15.9. The van der Waals surface area contributed by atoms with Crippen LogP contribution in [-0.4, -0.2) is 17.1 Å². The first-order valence-electron chi connectivity index (χ1n) is 8.15. The molecule has 0 radical (unpaired) electrons. The fraction of sp³-hybridized carbons (Fsp3) is 0.588. The smallest absolute Gasteiger partial charge is 0.315 e. The average molecular weight is 298 g/mol. The zero-order chi connectivity index (χ0) is 15.4. The summed E-state index contributed by atoms with van der Waals surface area (Å²) in [7, 11) is 0. The molecular weight excluding hydrogens is 276 g/mol. The maximum Gasteiger partial charge on any atom is 0.315 e. The first-order chi connectivity index (χ1) is 10.8. The quantitative estimate of drug-likeness (QED) is 0.897. The van der Waals surface area contributed by atoms with Gasteiger partial charge in [0.1, 0.15) is 11.8 Å². The molecule has 0 aliphatic heterocycles. The van der Waals surface area contributed by atoms with Crippen LogP contribution in [0.25, 0.3) is 0 Å². The van der Waals surface area contributed by atoms with Crippen LogP contribution >= 0.6 is 0 Å². The summed E-state index contributed by atoms with van der Waals surface area (Å²) in [5.41, 5.74) is 1.26. The summed E-state index contributed by atoms with van der Waals surface area (Å²) in [6.07, 6.45) is 9.46. The highest BCUT2D eigenvalue weighted by Gasteiger charge is 2.43. The molecule has 2 amide bonds. The molecule has 2 aliphatic carbocycles. The Morgan fingerprint density at radius 2 is 2.18 bits per heavy atom. The van der Waals surface area contributed by atoms with Crippen LogP contribution in [0.2, 0.25) is 0 Å². The lowest BCUT2D eigenvalue weighted by molar-refractivity contribution is 0.237. The molecule has 0 saturated heterocycles. The number of hydrogen-bond donors (Lipinski definition) is 2. The predicted octanol–water partition coefficient (Wildman–Crippen LogP) is 2.72. The van der Waals surface area contributed by atoms with Crippen LogP contribution in [0.1, 0.15) is 49.8 Å². The zero-order valence-electron chi connectivity index (χ0n) is 12.7. The van der Waals surface area contributed by atoms with Gasteiger partial charge in [0, 0.05) is 18.8 Å². The molecule has 5 nitrogen and oxygen atoms in total. The van der Waals surface area contributed by atoms with E-state index in [-0.39, 0.29) is 6.03 Å². The maximum atomic E-state index is 11.9. The second kappa shape index (κ2) is 6.78. The zero-order valence-corrected chi connectivity index (χ0v) is 12.7. The minimum Gasteiger partial charge on any atom is -0.335 e. The van der Waals surface area contributed by atoms with Gasteiger partial charge in [-0.05, 0) is 36.0 Å². The minimum absolute atomic E-state index is 0.112. The Bertz CT molecular complexity index is 574. The summed E-state index contributed by atoms with van der Waals surface area (Å²) in [5.74, 6) is 1.51. The van der Waals surface area contributed by atoms with Gasteiger partial charge in [-0.15, -0.1) is 0 Å². The Hall–Kier alpha value is -2.09. The van der Waals surface area contributed by atoms with Crippen molar-refractivity contribution in [3.63, 3.8) is 0 Å². The Morgan fingerprint density at radius 1 is 1.36 bits per heavy atom. The third-order valence-corrected chi connectivity index (χ3v) is 4.80. The number of nitrogens with zero attached hydrogens (tertiary/aromatic N) is 2. The highest BCUT2D eigenvalue weighted by atomic mass is 16.2. The summed E-state index contributed by atoms with van der Waals surface area (Å²) >= 11 is 0. The van der Waals surface area contributed by atoms with E-state index < -0.39 is 0 Å². The molecule has 3 rings (SSSR count). The van der Waals surface area contributed by atoms with E-state index in [0.717, 1.165) is 17.9 Å². The number of nitriles is 1. The van der Waals surface area contributed by atoms with E-state index in [1.165, 1.54) is 32.1 Å². The monoisotopic (exact) mass is 298 g/mol. The van der Waals surface area contributed by atoms with Gasteiger partial charge in [-0.3, -0.25) is 0 Å². The van der Waals surface area contributed by atoms with E-state index >= 15 is 0 Å². The number of urea groups is 1. The lowest BCUT2D eigenvalue weighted by Crippen LogP contribution is -2.37. The summed E-state index contributed by atoms with van der Waals surface area (Å²) in [5, 5.41) is 14.7. The average Bonchev–Trinajstić information content (AvgIpc) is 3.33. The first kappa shape index (κ1) is 14.8. The number of pyridine rings is 1. The summed E-state index contributed by atoms with van der Waals surface area (Å²) in [6.45, 7) is 0.420. The topological polar surface area (TPSA) is 77.8 Å². The fourth-order valence-electron chi connectivity index (χ4n) is 3.51. The molecule has 0 spiro atoms. The molecule has 116 valence electrons. The van der Waals surface area contributed by atoms with Crippen molar-refractivity contribution in [2.45, 2.75) is 51.1 Å². The molecule has 0 bridgehead atoms. The van der Waals surface area contributed by atoms with E-state index in [4.69, 9.17) is 5.26 Å². The summed E-state index contributed by atoms with van der Waals surface area (Å²) in [6, 6.07) is 5.75. The van der Waals surface area contributed by atoms with Crippen molar-refractivity contribution < 1.29 is 4.79 Å². The Labute approximate surface area is 131 Å². The number of carbonyl (C=O) groups is 1. The number of hydrogen-bond acceptors (Lipinski definition) is 3. The molecule has 1 heterocycles. The predicted molar refractivity (Wildman–Crippen MR) is 82.8 cm³/mol. The number of carbonyl (C=O) groups excluding carboxylic acids is 1. The van der Waals surface area contributed by atoms with Gasteiger partial charge in [-0.2, -0.15) is 5.26 Å². The van der Waals surface area contributed by atoms with Crippen LogP contribution in [0.3, 0.4) is 0 Å². The van der Waals surface area contributed by atoms with Crippen LogP contribution < -0.4 is 10.6 Å². The molecular formula is C17H22N4O. The number of amides is 2. The molecule has 1 aromatic heterocycles. The molecule has 2 aliphatic rings. The van der Waals surface area contributed by atoms with Crippen molar-refractivity contribution in [1.82, 2.24) is 15.6 Å². The van der Waals surface area contributed by atoms with E-state index in [0.29, 0.717) is 24.2 Å². The molecule has 0 unspecified atom stereocenters. The van der Waals surface area contributed by atoms with Crippen LogP contribution in [0.15, 0.2) is 18.3 Å². The second-order valence-corrected chi connectivity index (χ2v) is 6.39. The third-order valence-electron chi connectivity index (χ3n) is 4.80. The van der Waals surface area contributed by atoms with E-state index in [2.05, 4.69) is 15.6 Å². The van der Waals surface area contributed by atoms with E-state index in [1.54, 1.807) is 12.3 Å². The van der Waals surface area contributed by atoms with Gasteiger partial charge in [0.25, 0.3) is 0 Å². The lowest BCUT2D eigenvalue weighted by atomic mass is 9.85. The Morgan fingerprint density at radius 3 is 2.95 bits per heavy atom. The Kier molecular flexibility index (Phi) is 4.57. The van der Waals surface area contributed by atoms with Gasteiger partial charge in [-0.1, -0.05) is 32.1 Å². The molecule has 2 atom stereocenters. The van der Waals surface area contributed by atoms with Gasteiger partial charge in [-0.25, -0.2) is 9.78 Å². The molecule has 5 heteroatoms. The van der Waals surface area contributed by atoms with Gasteiger partial charge < -0.3 is 10.6 Å². The molecule has 2 N–H and O–H groups in total. The normalized spacial score (nSPS) is 24.3. The van der Waals surface area contributed by atoms with Crippen LogP contribution in [0.5, 0.6) is 0 Å². The molecule has 1 aromatic rings. The van der Waals surface area contributed by atoms with Crippen molar-refractivity contribution >= 4 is 6.03 Å². The standard InChI is InChI=1S/C17H22N4O/c18-10-14-8-12(6-7-19-14)11-20-17(22)21-16-9-15(16)13-4-2-1-3-5-13/h6-8,13,15-16H,1-5,9,11H2,(H2,20,21,22)/t15-,16+/m0/s1. The second-order valence-electron chi connectivity index (χ2n) is 6.39. The van der Waals surface area contributed by atoms with Gasteiger partial charge in [0.05, 0.1) is 0 Å². The van der Waals surface area contributed by atoms with E-state index in [1.807, 2.05) is 12.1 Å². The highest BCUT2D eigenvalue weighted by Crippen LogP contribution is 2.44. The minimum atomic E-state index is -0.112. The maximum absolute atomic E-state index is 11.9. The van der Waals surface area contributed by atoms with Gasteiger partial charge in [0.15, 0.2) is 0 Å². The Balaban J connectivity index is 1.41. The fourth-order valence-corrected chi connectivity index (χ4v) is 3.51. The first-order valence-corrected chi connectivity index (χ1v) is 8.15. The van der Waals surface area contributed by atoms with Gasteiger partial charge in [0.2, 0.25) is 0 Å². The van der Waals surface area contributed by atoms with Crippen LogP contribution in [0, 0.1) is 23.2 Å². The lowest BCUT2D eigenvalue weighted by Gasteiger charge is -2.21. The van der Waals surface area contributed by atoms with Crippen molar-refractivity contribution in [3.8, 4) is 6.07 Å². The number of aromatic nitrogens is 1. The SMILES string of the molecule is N#Cc1cc(CNC(=O)N[C@@H]2C[C@H]2C2CCCCC2)ccn1. The highest BCUT2D eigenvalue weighted by molar-refractivity contribution is 5.74. The van der Waals surface area contributed by atoms with Crippen molar-refractivity contribution in [1.29, 1.82) is 5.26 Å². The van der Waals surface area contributed by atoms with Crippen molar-refractivity contribution in [2.24, 2.45) is 11.8 Å². The van der Waals surface area contributed by atoms with Gasteiger partial charge >= 0.3 is 6.03 Å². The molecule has 0 aromatic carbocycles. The molecule has 2 fully saturated rings. The van der Waals surface area contributed by atoms with Crippen molar-refractivity contribution in [3.05, 3.63) is 29.6 Å². The van der Waals surface area contributed by atoms with Crippen molar-refractivity contribution in [2.75, 3.05) is 0 Å². The number of rotatable bonds is 4. The summed E-state index contributed by atoms with van der Waals surface area (Å²) < 4.78 is 0.